The molecule has 6 nitrogen and oxygen atoms in total. The number of para-hydroxylation sites is 1. The van der Waals surface area contributed by atoms with Gasteiger partial charge < -0.3 is 14.8 Å². The van der Waals surface area contributed by atoms with Crippen LogP contribution in [0.3, 0.4) is 0 Å². The van der Waals surface area contributed by atoms with Crippen molar-refractivity contribution in [2.24, 2.45) is 0 Å². The Hall–Kier alpha value is -4.32. The maximum atomic E-state index is 13.5. The third-order valence-electron chi connectivity index (χ3n) is 6.79. The number of rotatable bonds is 4. The van der Waals surface area contributed by atoms with Gasteiger partial charge in [0.15, 0.2) is 0 Å². The van der Waals surface area contributed by atoms with Gasteiger partial charge in [0, 0.05) is 33.4 Å². The minimum Gasteiger partial charge on any atom is -0.507 e. The van der Waals surface area contributed by atoms with Gasteiger partial charge in [0.1, 0.15) is 11.5 Å². The number of ether oxygens (including phenoxy) is 1. The van der Waals surface area contributed by atoms with Crippen LogP contribution in [0, 0.1) is 20.8 Å². The van der Waals surface area contributed by atoms with Gasteiger partial charge in [0.05, 0.1) is 18.7 Å². The Labute approximate surface area is 203 Å². The molecule has 1 fully saturated rings. The predicted octanol–water partition coefficient (Wildman–Crippen LogP) is 5.73. The number of aryl methyl sites for hydroxylation is 3. The minimum absolute atomic E-state index is 0.0613. The fourth-order valence-corrected chi connectivity index (χ4v) is 4.80. The summed E-state index contributed by atoms with van der Waals surface area (Å²) in [6, 6.07) is 19.4. The molecule has 1 unspecified atom stereocenters. The highest BCUT2D eigenvalue weighted by Crippen LogP contribution is 2.45. The Balaban J connectivity index is 1.80. The van der Waals surface area contributed by atoms with E-state index in [1.807, 2.05) is 63.2 Å². The molecule has 1 aliphatic heterocycles. The van der Waals surface area contributed by atoms with Crippen LogP contribution >= 0.6 is 0 Å². The number of carbonyl (C=O) groups is 2. The van der Waals surface area contributed by atoms with Crippen molar-refractivity contribution in [3.05, 3.63) is 100 Å². The van der Waals surface area contributed by atoms with Crippen LogP contribution < -0.4 is 9.64 Å². The van der Waals surface area contributed by atoms with Gasteiger partial charge in [-0.3, -0.25) is 14.5 Å². The van der Waals surface area contributed by atoms with E-state index in [-0.39, 0.29) is 11.3 Å². The molecule has 1 aromatic heterocycles. The molecule has 4 aromatic rings. The zero-order valence-corrected chi connectivity index (χ0v) is 20.0. The van der Waals surface area contributed by atoms with Crippen LogP contribution in [0.1, 0.15) is 34.0 Å². The molecule has 1 saturated heterocycles. The fraction of sp³-hybridized carbons (Fsp3) is 0.172. The Morgan fingerprint density at radius 3 is 2.34 bits per heavy atom. The largest absolute Gasteiger partial charge is 0.507 e. The number of hydrogen-bond donors (Lipinski definition) is 2. The highest BCUT2D eigenvalue weighted by atomic mass is 16.5. The number of nitrogens with zero attached hydrogens (tertiary/aromatic N) is 1. The Kier molecular flexibility index (Phi) is 5.44. The van der Waals surface area contributed by atoms with Crippen molar-refractivity contribution in [3.63, 3.8) is 0 Å². The number of ketones is 1. The van der Waals surface area contributed by atoms with Crippen molar-refractivity contribution in [3.8, 4) is 5.75 Å². The van der Waals surface area contributed by atoms with Crippen molar-refractivity contribution in [2.45, 2.75) is 26.8 Å². The molecule has 35 heavy (non-hydrogen) atoms. The highest BCUT2D eigenvalue weighted by Gasteiger charge is 2.48. The van der Waals surface area contributed by atoms with Crippen molar-refractivity contribution in [2.75, 3.05) is 12.0 Å². The molecule has 2 N–H and O–H groups in total. The second-order valence-corrected chi connectivity index (χ2v) is 8.88. The van der Waals surface area contributed by atoms with E-state index < -0.39 is 17.7 Å². The van der Waals surface area contributed by atoms with Gasteiger partial charge in [-0.05, 0) is 74.4 Å². The van der Waals surface area contributed by atoms with Crippen LogP contribution in [0.4, 0.5) is 5.69 Å². The molecule has 1 aliphatic rings. The Morgan fingerprint density at radius 1 is 0.943 bits per heavy atom. The number of H-pyrrole nitrogens is 1. The van der Waals surface area contributed by atoms with Gasteiger partial charge in [0.25, 0.3) is 11.7 Å². The normalized spacial score (nSPS) is 17.4. The van der Waals surface area contributed by atoms with E-state index in [2.05, 4.69) is 4.98 Å². The number of aliphatic hydroxyl groups excluding tert-OH is 1. The number of benzene rings is 3. The molecule has 0 bridgehead atoms. The van der Waals surface area contributed by atoms with Crippen LogP contribution in [0.15, 0.2) is 72.3 Å². The standard InChI is InChI=1S/C29H26N2O4/c1-16-9-12-20(15-17(16)2)31-26(24-18(3)30-23-8-6-5-7-22(23)24)25(28(33)29(31)34)27(32)19-10-13-21(35-4)14-11-19/h5-15,26,30,32H,1-4H3/b27-25+. The molecule has 1 atom stereocenters. The summed E-state index contributed by atoms with van der Waals surface area (Å²) in [4.78, 5) is 31.9. The zero-order valence-electron chi connectivity index (χ0n) is 20.0. The first-order chi connectivity index (χ1) is 16.8. The van der Waals surface area contributed by atoms with Crippen molar-refractivity contribution in [1.82, 2.24) is 4.98 Å². The molecule has 6 heteroatoms. The maximum absolute atomic E-state index is 13.5. The number of nitrogens with one attached hydrogen (secondary N) is 1. The summed E-state index contributed by atoms with van der Waals surface area (Å²) >= 11 is 0. The van der Waals surface area contributed by atoms with E-state index in [4.69, 9.17) is 4.74 Å². The van der Waals surface area contributed by atoms with E-state index in [9.17, 15) is 14.7 Å². The summed E-state index contributed by atoms with van der Waals surface area (Å²) in [5, 5.41) is 12.3. The van der Waals surface area contributed by atoms with Crippen molar-refractivity contribution in [1.29, 1.82) is 0 Å². The van der Waals surface area contributed by atoms with Gasteiger partial charge in [-0.15, -0.1) is 0 Å². The van der Waals surface area contributed by atoms with Crippen molar-refractivity contribution >= 4 is 34.0 Å². The van der Waals surface area contributed by atoms with Crippen LogP contribution in [-0.4, -0.2) is 28.9 Å². The van der Waals surface area contributed by atoms with Gasteiger partial charge in [-0.2, -0.15) is 0 Å². The first-order valence-corrected chi connectivity index (χ1v) is 11.4. The number of amides is 1. The summed E-state index contributed by atoms with van der Waals surface area (Å²) < 4.78 is 5.22. The van der Waals surface area contributed by atoms with E-state index in [1.165, 1.54) is 4.90 Å². The monoisotopic (exact) mass is 466 g/mol. The van der Waals surface area contributed by atoms with E-state index in [1.54, 1.807) is 31.4 Å². The second-order valence-electron chi connectivity index (χ2n) is 8.88. The molecule has 176 valence electrons. The molecule has 3 aromatic carbocycles. The number of carbonyl (C=O) groups excluding carboxylic acids is 2. The third kappa shape index (κ3) is 3.58. The molecular formula is C29H26N2O4. The number of aliphatic hydroxyl groups is 1. The lowest BCUT2D eigenvalue weighted by Crippen LogP contribution is -2.29. The lowest BCUT2D eigenvalue weighted by molar-refractivity contribution is -0.132. The van der Waals surface area contributed by atoms with Crippen molar-refractivity contribution < 1.29 is 19.4 Å². The molecule has 0 saturated carbocycles. The van der Waals surface area contributed by atoms with E-state index in [0.717, 1.165) is 33.3 Å². The highest BCUT2D eigenvalue weighted by molar-refractivity contribution is 6.52. The van der Waals surface area contributed by atoms with Gasteiger partial charge in [-0.25, -0.2) is 0 Å². The summed E-state index contributed by atoms with van der Waals surface area (Å²) in [5.41, 5.74) is 5.71. The molecule has 0 aliphatic carbocycles. The Bertz CT molecular complexity index is 1510. The molecule has 1 amide bonds. The minimum atomic E-state index is -0.796. The lowest BCUT2D eigenvalue weighted by Gasteiger charge is -2.26. The first-order valence-electron chi connectivity index (χ1n) is 11.4. The van der Waals surface area contributed by atoms with E-state index >= 15 is 0 Å². The SMILES string of the molecule is COc1ccc(/C(O)=C2\C(=O)C(=O)N(c3ccc(C)c(C)c3)C2c2c(C)[nH]c3ccccc23)cc1. The lowest BCUT2D eigenvalue weighted by atomic mass is 9.93. The number of fused-ring (bicyclic) bond motifs is 1. The van der Waals surface area contributed by atoms with Crippen LogP contribution in [0.5, 0.6) is 5.75 Å². The number of anilines is 1. The topological polar surface area (TPSA) is 82.6 Å². The average Bonchev–Trinajstić information content (AvgIpc) is 3.32. The summed E-state index contributed by atoms with van der Waals surface area (Å²) in [7, 11) is 1.56. The predicted molar refractivity (Wildman–Crippen MR) is 137 cm³/mol. The van der Waals surface area contributed by atoms with Crippen LogP contribution in [0.25, 0.3) is 16.7 Å². The smallest absolute Gasteiger partial charge is 0.300 e. The van der Waals surface area contributed by atoms with E-state index in [0.29, 0.717) is 17.0 Å². The van der Waals surface area contributed by atoms with Crippen LogP contribution in [0.2, 0.25) is 0 Å². The van der Waals surface area contributed by atoms with Gasteiger partial charge in [0.2, 0.25) is 0 Å². The molecular weight excluding hydrogens is 440 g/mol. The summed E-state index contributed by atoms with van der Waals surface area (Å²) in [6.45, 7) is 5.89. The zero-order chi connectivity index (χ0) is 24.9. The second kappa shape index (κ2) is 8.47. The van der Waals surface area contributed by atoms with Crippen LogP contribution in [-0.2, 0) is 9.59 Å². The van der Waals surface area contributed by atoms with Gasteiger partial charge >= 0.3 is 0 Å². The maximum Gasteiger partial charge on any atom is 0.300 e. The molecule has 0 spiro atoms. The summed E-state index contributed by atoms with van der Waals surface area (Å²) in [5.74, 6) is -0.975. The number of aromatic nitrogens is 1. The first kappa shape index (κ1) is 22.5. The number of methoxy groups -OCH3 is 1. The van der Waals surface area contributed by atoms with Gasteiger partial charge in [-0.1, -0.05) is 24.3 Å². The molecule has 0 radical (unpaired) electrons. The fourth-order valence-electron chi connectivity index (χ4n) is 4.80. The number of aromatic amines is 1. The number of Topliss-reactive ketones (excluding diaryl/α,β-unsaturated/α-hetero) is 1. The number of hydrogen-bond acceptors (Lipinski definition) is 4. The Morgan fingerprint density at radius 2 is 1.66 bits per heavy atom. The molecule has 5 rings (SSSR count). The molecule has 2 heterocycles. The average molecular weight is 467 g/mol. The quantitative estimate of drug-likeness (QED) is 0.229. The summed E-state index contributed by atoms with van der Waals surface area (Å²) in [6.07, 6.45) is 0. The third-order valence-corrected chi connectivity index (χ3v) is 6.79.